The summed E-state index contributed by atoms with van der Waals surface area (Å²) in [6.45, 7) is 13.9. The van der Waals surface area contributed by atoms with Gasteiger partial charge in [0, 0.05) is 53.8 Å². The number of fused-ring (bicyclic) bond motifs is 7. The highest BCUT2D eigenvalue weighted by atomic mass is 35.5. The van der Waals surface area contributed by atoms with Gasteiger partial charge in [0.2, 0.25) is 0 Å². The fourth-order valence-corrected chi connectivity index (χ4v) is 11.3. The molecule has 2 aromatic heterocycles. The average molecular weight is 846 g/mol. The number of carbonyl (C=O) groups is 2. The molecule has 5 aliphatic heterocycles. The molecule has 16 heteroatoms. The predicted octanol–water partition coefficient (Wildman–Crippen LogP) is 8.96. The van der Waals surface area contributed by atoms with Crippen LogP contribution >= 0.6 is 22.9 Å². The van der Waals surface area contributed by atoms with Crippen molar-refractivity contribution >= 4 is 66.9 Å². The number of piperazine rings is 1. The van der Waals surface area contributed by atoms with Gasteiger partial charge in [0.25, 0.3) is 0 Å². The number of benzene rings is 2. The zero-order valence-electron chi connectivity index (χ0n) is 34.2. The summed E-state index contributed by atoms with van der Waals surface area (Å²) in [5, 5.41) is 15.5. The molecule has 1 N–H and O–H groups in total. The lowest BCUT2D eigenvalue weighted by atomic mass is 9.91. The Morgan fingerprint density at radius 2 is 1.78 bits per heavy atom. The van der Waals surface area contributed by atoms with E-state index in [4.69, 9.17) is 40.5 Å². The van der Waals surface area contributed by atoms with E-state index in [1.165, 1.54) is 11.3 Å². The topological polar surface area (TPSA) is 142 Å². The van der Waals surface area contributed by atoms with Crippen molar-refractivity contribution < 1.29 is 32.9 Å². The molecule has 4 aromatic rings. The Morgan fingerprint density at radius 3 is 2.49 bits per heavy atom. The van der Waals surface area contributed by atoms with E-state index in [1.807, 2.05) is 39.0 Å². The van der Waals surface area contributed by atoms with Crippen LogP contribution in [0.1, 0.15) is 90.3 Å². The number of carbonyl (C=O) groups excluding carboxylic acids is 2. The number of amides is 2. The Kier molecular flexibility index (Phi) is 9.89. The monoisotopic (exact) mass is 845 g/mol. The SMILES string of the molecule is CC(C)(C)OC(=O)Nc1sc2cccc(-c3c4c(c5c(N6C7CCC6CN(C(=O)OC(C)(C)C)C7)nc(OC[C@@]67CCCN6C[C@H](F)C7)nc5c3Cl)COC4)c2c1C#N. The minimum absolute atomic E-state index is 0.0525. The van der Waals surface area contributed by atoms with Gasteiger partial charge in [-0.2, -0.15) is 15.2 Å². The first-order valence-electron chi connectivity index (χ1n) is 20.4. The van der Waals surface area contributed by atoms with Crippen LogP contribution in [-0.2, 0) is 27.4 Å². The van der Waals surface area contributed by atoms with Crippen molar-refractivity contribution in [3.63, 3.8) is 0 Å². The molecule has 4 saturated heterocycles. The summed E-state index contributed by atoms with van der Waals surface area (Å²) in [5.74, 6) is 0.669. The number of rotatable bonds is 6. The standard InChI is InChI=1S/C43H49ClFN7O6S/c1-41(2,3)57-39(53)49-37-27(16-46)31-26(9-7-10-30(31)59-37)32-28-20-55-21-29(28)33-35(34(32)44)47-38(56-22-43-13-8-14-51(43)17-23(45)15-43)48-36(33)52-24-11-12-25(52)19-50(18-24)40(54)58-42(4,5)6/h7,9-10,23-25H,8,11-15,17-22H2,1-6H3,(H,49,53)/t23-,24?,25?,43+/m1/s1. The number of anilines is 2. The van der Waals surface area contributed by atoms with Crippen LogP contribution in [0.3, 0.4) is 0 Å². The molecule has 13 nitrogen and oxygen atoms in total. The third kappa shape index (κ3) is 7.19. The van der Waals surface area contributed by atoms with Gasteiger partial charge >= 0.3 is 18.2 Å². The third-order valence-corrected chi connectivity index (χ3v) is 13.5. The highest BCUT2D eigenvalue weighted by Gasteiger charge is 2.50. The number of alkyl halides is 1. The summed E-state index contributed by atoms with van der Waals surface area (Å²) >= 11 is 8.92. The molecule has 5 aliphatic rings. The molecule has 4 fully saturated rings. The van der Waals surface area contributed by atoms with Gasteiger partial charge in [0.1, 0.15) is 40.9 Å². The number of aromatic nitrogens is 2. The highest BCUT2D eigenvalue weighted by Crippen LogP contribution is 2.51. The van der Waals surface area contributed by atoms with Crippen molar-refractivity contribution in [1.82, 2.24) is 19.8 Å². The normalized spacial score (nSPS) is 24.1. The van der Waals surface area contributed by atoms with Crippen molar-refractivity contribution in [3.05, 3.63) is 39.9 Å². The van der Waals surface area contributed by atoms with Gasteiger partial charge in [-0.05, 0) is 96.5 Å². The molecule has 2 unspecified atom stereocenters. The summed E-state index contributed by atoms with van der Waals surface area (Å²) in [6.07, 6.45) is 2.00. The van der Waals surface area contributed by atoms with Gasteiger partial charge in [0.05, 0.1) is 40.2 Å². The maximum Gasteiger partial charge on any atom is 0.412 e. The molecule has 2 amide bonds. The van der Waals surface area contributed by atoms with Crippen LogP contribution in [-0.4, -0.2) is 99.7 Å². The van der Waals surface area contributed by atoms with Crippen molar-refractivity contribution in [2.24, 2.45) is 0 Å². The largest absolute Gasteiger partial charge is 0.461 e. The molecular weight excluding hydrogens is 797 g/mol. The lowest BCUT2D eigenvalue weighted by Crippen LogP contribution is -2.56. The Balaban J connectivity index is 1.18. The van der Waals surface area contributed by atoms with Crippen molar-refractivity contribution in [2.45, 2.75) is 122 Å². The molecule has 0 aliphatic carbocycles. The van der Waals surface area contributed by atoms with Gasteiger partial charge in [-0.15, -0.1) is 11.3 Å². The molecular formula is C43H49ClFN7O6S. The van der Waals surface area contributed by atoms with Crippen molar-refractivity contribution in [3.8, 4) is 23.2 Å². The van der Waals surface area contributed by atoms with E-state index >= 15 is 0 Å². The number of ether oxygens (including phenoxy) is 4. The quantitative estimate of drug-likeness (QED) is 0.199. The highest BCUT2D eigenvalue weighted by molar-refractivity contribution is 7.23. The van der Waals surface area contributed by atoms with Gasteiger partial charge in [0.15, 0.2) is 0 Å². The van der Waals surface area contributed by atoms with E-state index in [2.05, 4.69) is 21.2 Å². The summed E-state index contributed by atoms with van der Waals surface area (Å²) in [6, 6.07) is 8.11. The molecule has 2 bridgehead atoms. The second-order valence-electron chi connectivity index (χ2n) is 18.5. The van der Waals surface area contributed by atoms with Crippen LogP contribution in [0.25, 0.3) is 32.1 Å². The van der Waals surface area contributed by atoms with Crippen LogP contribution < -0.4 is 15.0 Å². The number of likely N-dealkylation sites (tertiary alicyclic amines) is 1. The molecule has 59 heavy (non-hydrogen) atoms. The zero-order chi connectivity index (χ0) is 41.6. The Hall–Kier alpha value is -4.49. The fraction of sp³-hybridized carbons (Fsp3) is 0.558. The number of hydrogen-bond donors (Lipinski definition) is 1. The summed E-state index contributed by atoms with van der Waals surface area (Å²) in [5.41, 5.74) is 2.15. The Bertz CT molecular complexity index is 2410. The predicted molar refractivity (Wildman–Crippen MR) is 224 cm³/mol. The lowest BCUT2D eigenvalue weighted by Gasteiger charge is -2.42. The molecule has 0 saturated carbocycles. The van der Waals surface area contributed by atoms with Crippen LogP contribution in [0, 0.1) is 11.3 Å². The number of nitriles is 1. The van der Waals surface area contributed by atoms with Gasteiger partial charge in [-0.1, -0.05) is 23.7 Å². The lowest BCUT2D eigenvalue weighted by molar-refractivity contribution is 0.0209. The van der Waals surface area contributed by atoms with Crippen molar-refractivity contribution in [2.75, 3.05) is 43.0 Å². The Morgan fingerprint density at radius 1 is 1.05 bits per heavy atom. The van der Waals surface area contributed by atoms with Gasteiger partial charge in [-0.3, -0.25) is 10.2 Å². The van der Waals surface area contributed by atoms with Gasteiger partial charge in [-0.25, -0.2) is 14.0 Å². The van der Waals surface area contributed by atoms with Gasteiger partial charge < -0.3 is 28.7 Å². The maximum atomic E-state index is 14.8. The van der Waals surface area contributed by atoms with E-state index in [-0.39, 0.29) is 44.0 Å². The minimum Gasteiger partial charge on any atom is -0.461 e. The number of thiophene rings is 1. The van der Waals surface area contributed by atoms with E-state index in [0.717, 1.165) is 53.4 Å². The van der Waals surface area contributed by atoms with Crippen molar-refractivity contribution in [1.29, 1.82) is 5.26 Å². The first kappa shape index (κ1) is 39.9. The fourth-order valence-electron chi connectivity index (χ4n) is 9.84. The van der Waals surface area contributed by atoms with Crippen LogP contribution in [0.4, 0.5) is 24.8 Å². The number of nitrogens with zero attached hydrogens (tertiary/aromatic N) is 6. The third-order valence-electron chi connectivity index (χ3n) is 12.1. The molecule has 4 atom stereocenters. The number of nitrogens with one attached hydrogen (secondary N) is 1. The number of halogens is 2. The van der Waals surface area contributed by atoms with E-state index in [1.54, 1.807) is 25.7 Å². The second kappa shape index (κ2) is 14.6. The zero-order valence-corrected chi connectivity index (χ0v) is 35.8. The first-order valence-corrected chi connectivity index (χ1v) is 21.6. The van der Waals surface area contributed by atoms with Crippen LogP contribution in [0.15, 0.2) is 18.2 Å². The van der Waals surface area contributed by atoms with E-state index < -0.39 is 29.0 Å². The first-order chi connectivity index (χ1) is 28.0. The maximum absolute atomic E-state index is 14.8. The minimum atomic E-state index is -0.915. The molecule has 2 aromatic carbocycles. The Labute approximate surface area is 351 Å². The van der Waals surface area contributed by atoms with Crippen LogP contribution in [0.5, 0.6) is 6.01 Å². The smallest absolute Gasteiger partial charge is 0.412 e. The summed E-state index contributed by atoms with van der Waals surface area (Å²) in [4.78, 5) is 42.8. The average Bonchev–Trinajstić information content (AvgIpc) is 3.96. The second-order valence-corrected chi connectivity index (χ2v) is 19.9. The number of hydrogen-bond acceptors (Lipinski definition) is 12. The summed E-state index contributed by atoms with van der Waals surface area (Å²) in [7, 11) is 0. The van der Waals surface area contributed by atoms with E-state index in [0.29, 0.717) is 69.5 Å². The molecule has 0 radical (unpaired) electrons. The molecule has 312 valence electrons. The van der Waals surface area contributed by atoms with E-state index in [9.17, 15) is 19.2 Å². The molecule has 0 spiro atoms. The molecule has 7 heterocycles. The summed E-state index contributed by atoms with van der Waals surface area (Å²) < 4.78 is 39.7. The van der Waals surface area contributed by atoms with Crippen LogP contribution in [0.2, 0.25) is 5.02 Å². The molecule has 9 rings (SSSR count).